The second kappa shape index (κ2) is 9.32. The van der Waals surface area contributed by atoms with Crippen LogP contribution in [0.25, 0.3) is 10.2 Å². The zero-order chi connectivity index (χ0) is 20.9. The van der Waals surface area contributed by atoms with Gasteiger partial charge in [-0.3, -0.25) is 9.69 Å². The minimum atomic E-state index is -0.0467. The van der Waals surface area contributed by atoms with E-state index in [2.05, 4.69) is 4.98 Å². The second-order valence-electron chi connectivity index (χ2n) is 6.65. The van der Waals surface area contributed by atoms with Gasteiger partial charge in [0.15, 0.2) is 5.13 Å². The largest absolute Gasteiger partial charge is 0.494 e. The Bertz CT molecular complexity index is 1140. The molecule has 0 aliphatic carbocycles. The summed E-state index contributed by atoms with van der Waals surface area (Å²) in [5.41, 5.74) is 1.45. The van der Waals surface area contributed by atoms with E-state index in [9.17, 15) is 4.79 Å². The van der Waals surface area contributed by atoms with Crippen molar-refractivity contribution < 1.29 is 9.53 Å². The zero-order valence-corrected chi connectivity index (χ0v) is 18.4. The summed E-state index contributed by atoms with van der Waals surface area (Å²) in [6.45, 7) is 1.34. The average Bonchev–Trinajstić information content (AvgIpc) is 3.45. The van der Waals surface area contributed by atoms with Crippen LogP contribution in [0.4, 0.5) is 5.13 Å². The van der Waals surface area contributed by atoms with Crippen molar-refractivity contribution in [1.29, 1.82) is 0 Å². The molecule has 6 nitrogen and oxygen atoms in total. The monoisotopic (exact) mass is 438 g/mol. The highest BCUT2D eigenvalue weighted by atomic mass is 32.2. The number of anilines is 1. The van der Waals surface area contributed by atoms with E-state index in [1.807, 2.05) is 59.5 Å². The molecule has 1 amide bonds. The number of carbonyl (C=O) groups excluding carboxylic acids is 1. The summed E-state index contributed by atoms with van der Waals surface area (Å²) in [7, 11) is 1.63. The maximum Gasteiger partial charge on any atom is 0.260 e. The maximum absolute atomic E-state index is 13.5. The van der Waals surface area contributed by atoms with E-state index in [-0.39, 0.29) is 5.91 Å². The number of ether oxygens (including phenoxy) is 1. The number of rotatable bonds is 8. The van der Waals surface area contributed by atoms with Gasteiger partial charge in [-0.05, 0) is 43.0 Å². The fourth-order valence-electron chi connectivity index (χ4n) is 3.22. The lowest BCUT2D eigenvalue weighted by atomic mass is 10.2. The topological polar surface area (TPSA) is 60.2 Å². The van der Waals surface area contributed by atoms with E-state index >= 15 is 0 Å². The number of para-hydroxylation sites is 1. The van der Waals surface area contributed by atoms with E-state index in [4.69, 9.17) is 9.72 Å². The van der Waals surface area contributed by atoms with Gasteiger partial charge in [0.25, 0.3) is 5.91 Å². The number of nitrogens with zero attached hydrogens (tertiary/aromatic N) is 4. The van der Waals surface area contributed by atoms with Crippen LogP contribution < -0.4 is 9.64 Å². The van der Waals surface area contributed by atoms with Gasteiger partial charge in [-0.2, -0.15) is 0 Å². The molecule has 0 aliphatic heterocycles. The Morgan fingerprint density at radius 3 is 2.90 bits per heavy atom. The van der Waals surface area contributed by atoms with Gasteiger partial charge in [-0.15, -0.1) is 11.8 Å². The predicted molar refractivity (Wildman–Crippen MR) is 123 cm³/mol. The first-order valence-electron chi connectivity index (χ1n) is 9.55. The lowest BCUT2D eigenvalue weighted by molar-refractivity contribution is 0.0986. The summed E-state index contributed by atoms with van der Waals surface area (Å²) < 4.78 is 8.46. The Morgan fingerprint density at radius 1 is 1.27 bits per heavy atom. The van der Waals surface area contributed by atoms with E-state index in [0.717, 1.165) is 28.1 Å². The van der Waals surface area contributed by atoms with Crippen molar-refractivity contribution in [2.75, 3.05) is 24.8 Å². The van der Waals surface area contributed by atoms with Gasteiger partial charge in [-0.25, -0.2) is 9.97 Å². The molecule has 0 saturated heterocycles. The molecule has 4 aromatic rings. The van der Waals surface area contributed by atoms with Crippen LogP contribution in [0.3, 0.4) is 0 Å². The SMILES string of the molecule is COc1cccc2sc(N(CCCn3ccnc3)C(=O)c3cccc(SC)c3)nc12. The Hall–Kier alpha value is -2.84. The zero-order valence-electron chi connectivity index (χ0n) is 16.8. The number of hydrogen-bond acceptors (Lipinski definition) is 6. The van der Waals surface area contributed by atoms with Crippen molar-refractivity contribution in [2.45, 2.75) is 17.9 Å². The highest BCUT2D eigenvalue weighted by Gasteiger charge is 2.22. The van der Waals surface area contributed by atoms with Crippen LogP contribution in [0.5, 0.6) is 5.75 Å². The third-order valence-corrected chi connectivity index (χ3v) is 6.51. The van der Waals surface area contributed by atoms with Crippen molar-refractivity contribution >= 4 is 44.4 Å². The summed E-state index contributed by atoms with van der Waals surface area (Å²) in [5, 5.41) is 0.680. The highest BCUT2D eigenvalue weighted by Crippen LogP contribution is 2.35. The van der Waals surface area contributed by atoms with Gasteiger partial charge in [0, 0.05) is 35.9 Å². The molecule has 8 heteroatoms. The van der Waals surface area contributed by atoms with Gasteiger partial charge < -0.3 is 9.30 Å². The fourth-order valence-corrected chi connectivity index (χ4v) is 4.69. The van der Waals surface area contributed by atoms with E-state index in [1.165, 1.54) is 11.3 Å². The van der Waals surface area contributed by atoms with Crippen molar-refractivity contribution in [2.24, 2.45) is 0 Å². The maximum atomic E-state index is 13.5. The van der Waals surface area contributed by atoms with Crippen LogP contribution in [0.1, 0.15) is 16.8 Å². The first-order chi connectivity index (χ1) is 14.7. The normalized spacial score (nSPS) is 11.0. The standard InChI is InChI=1S/C22H22N4O2S2/c1-28-18-8-4-9-19-20(18)24-22(30-19)26(12-5-11-25-13-10-23-15-25)21(27)16-6-3-7-17(14-16)29-2/h3-4,6-10,13-15H,5,11-12H2,1-2H3. The van der Waals surface area contributed by atoms with Crippen molar-refractivity contribution in [1.82, 2.24) is 14.5 Å². The number of aromatic nitrogens is 3. The minimum absolute atomic E-state index is 0.0467. The number of fused-ring (bicyclic) bond motifs is 1. The third-order valence-electron chi connectivity index (χ3n) is 4.74. The number of amides is 1. The fraction of sp³-hybridized carbons (Fsp3) is 0.227. The summed E-state index contributed by atoms with van der Waals surface area (Å²) in [5.74, 6) is 0.666. The molecule has 2 heterocycles. The Balaban J connectivity index is 1.66. The first-order valence-corrected chi connectivity index (χ1v) is 11.6. The Morgan fingerprint density at radius 2 is 2.13 bits per heavy atom. The summed E-state index contributed by atoms with van der Waals surface area (Å²) in [6, 6.07) is 13.6. The predicted octanol–water partition coefficient (Wildman–Crippen LogP) is 4.96. The number of imidazole rings is 1. The van der Waals surface area contributed by atoms with Gasteiger partial charge in [0.2, 0.25) is 0 Å². The molecule has 0 bridgehead atoms. The molecule has 2 aromatic carbocycles. The van der Waals surface area contributed by atoms with Crippen LogP contribution in [-0.2, 0) is 6.54 Å². The molecule has 0 N–H and O–H groups in total. The van der Waals surface area contributed by atoms with Gasteiger partial charge in [0.05, 0.1) is 18.1 Å². The third kappa shape index (κ3) is 4.34. The Labute approximate surface area is 183 Å². The number of thiazole rings is 1. The van der Waals surface area contributed by atoms with Gasteiger partial charge in [-0.1, -0.05) is 23.5 Å². The number of methoxy groups -OCH3 is 1. The molecule has 4 rings (SSSR count). The van der Waals surface area contributed by atoms with Gasteiger partial charge >= 0.3 is 0 Å². The molecule has 0 aliphatic rings. The number of aryl methyl sites for hydroxylation is 1. The minimum Gasteiger partial charge on any atom is -0.494 e. The van der Waals surface area contributed by atoms with Crippen molar-refractivity contribution in [3.63, 3.8) is 0 Å². The second-order valence-corrected chi connectivity index (χ2v) is 8.54. The molecule has 2 aromatic heterocycles. The average molecular weight is 439 g/mol. The molecule has 30 heavy (non-hydrogen) atoms. The van der Waals surface area contributed by atoms with Crippen LogP contribution in [0.15, 0.2) is 66.1 Å². The molecular formula is C22H22N4O2S2. The summed E-state index contributed by atoms with van der Waals surface area (Å²) in [6.07, 6.45) is 8.27. The Kier molecular flexibility index (Phi) is 6.35. The number of thioether (sulfide) groups is 1. The summed E-state index contributed by atoms with van der Waals surface area (Å²) >= 11 is 3.13. The van der Waals surface area contributed by atoms with Crippen LogP contribution in [0.2, 0.25) is 0 Å². The lowest BCUT2D eigenvalue weighted by Crippen LogP contribution is -2.32. The van der Waals surface area contributed by atoms with E-state index in [1.54, 1.807) is 36.3 Å². The quantitative estimate of drug-likeness (QED) is 0.364. The van der Waals surface area contributed by atoms with E-state index < -0.39 is 0 Å². The lowest BCUT2D eigenvalue weighted by Gasteiger charge is -2.20. The molecule has 154 valence electrons. The van der Waals surface area contributed by atoms with Crippen molar-refractivity contribution in [3.05, 3.63) is 66.7 Å². The summed E-state index contributed by atoms with van der Waals surface area (Å²) in [4.78, 5) is 25.2. The van der Waals surface area contributed by atoms with Crippen LogP contribution in [0, 0.1) is 0 Å². The first kappa shape index (κ1) is 20.4. The number of hydrogen-bond donors (Lipinski definition) is 0. The number of benzene rings is 2. The van der Waals surface area contributed by atoms with Crippen molar-refractivity contribution in [3.8, 4) is 5.75 Å². The number of carbonyl (C=O) groups is 1. The molecular weight excluding hydrogens is 416 g/mol. The highest BCUT2D eigenvalue weighted by molar-refractivity contribution is 7.98. The molecule has 0 radical (unpaired) electrons. The van der Waals surface area contributed by atoms with Gasteiger partial charge in [0.1, 0.15) is 11.3 Å². The van der Waals surface area contributed by atoms with Crippen LogP contribution >= 0.6 is 23.1 Å². The molecule has 0 fully saturated rings. The van der Waals surface area contributed by atoms with Crippen LogP contribution in [-0.4, -0.2) is 40.4 Å². The molecule has 0 unspecified atom stereocenters. The smallest absolute Gasteiger partial charge is 0.260 e. The molecule has 0 spiro atoms. The molecule has 0 saturated carbocycles. The molecule has 0 atom stereocenters. The van der Waals surface area contributed by atoms with E-state index in [0.29, 0.717) is 23.0 Å².